The maximum absolute atomic E-state index is 13.5. The first-order valence-electron chi connectivity index (χ1n) is 14.3. The number of primary amides is 1. The Morgan fingerprint density at radius 1 is 0.810 bits per heavy atom. The molecule has 0 spiro atoms. The molecule has 3 atom stereocenters. The standard InChI is InChI=1S/C31H41N5O6/c1-21(2)19-26(35-31(41)36-15-17-42-18-16-36)29(39)33-24(14-13-22-9-5-3-6-10-22)27(37)30(40)34-25(28(32)38)20-23-11-7-4-8-12-23/h3-12,21,24-26H,13-20H2,1-2H3,(H2,32,38)(H,33,39)(H,34,40)(H,35,41). The number of nitrogens with two attached hydrogens (primary N) is 1. The number of urea groups is 1. The van der Waals surface area contributed by atoms with Crippen molar-refractivity contribution in [2.45, 2.75) is 57.7 Å². The van der Waals surface area contributed by atoms with Gasteiger partial charge in [-0.3, -0.25) is 19.2 Å². The Morgan fingerprint density at radius 3 is 1.98 bits per heavy atom. The van der Waals surface area contributed by atoms with Gasteiger partial charge in [-0.1, -0.05) is 74.5 Å². The summed E-state index contributed by atoms with van der Waals surface area (Å²) in [5, 5.41) is 7.95. The molecule has 1 aliphatic rings. The number of carbonyl (C=O) groups is 5. The van der Waals surface area contributed by atoms with Crippen LogP contribution in [0.1, 0.15) is 37.8 Å². The highest BCUT2D eigenvalue weighted by molar-refractivity contribution is 6.38. The van der Waals surface area contributed by atoms with E-state index < -0.39 is 47.7 Å². The molecular formula is C31H41N5O6. The fourth-order valence-corrected chi connectivity index (χ4v) is 4.67. The molecule has 1 fully saturated rings. The van der Waals surface area contributed by atoms with E-state index in [-0.39, 0.29) is 18.8 Å². The van der Waals surface area contributed by atoms with Crippen molar-refractivity contribution < 1.29 is 28.7 Å². The van der Waals surface area contributed by atoms with E-state index in [1.54, 1.807) is 29.2 Å². The van der Waals surface area contributed by atoms with Crippen molar-refractivity contribution >= 4 is 29.5 Å². The van der Waals surface area contributed by atoms with Crippen LogP contribution in [0, 0.1) is 5.92 Å². The number of nitrogens with zero attached hydrogens (tertiary/aromatic N) is 1. The third kappa shape index (κ3) is 10.3. The zero-order valence-corrected chi connectivity index (χ0v) is 24.2. The number of amides is 5. The van der Waals surface area contributed by atoms with Gasteiger partial charge in [-0.2, -0.15) is 0 Å². The number of ether oxygens (including phenoxy) is 1. The van der Waals surface area contributed by atoms with E-state index in [1.165, 1.54) is 0 Å². The number of hydrogen-bond acceptors (Lipinski definition) is 6. The number of rotatable bonds is 14. The normalized spacial score (nSPS) is 15.3. The molecule has 1 saturated heterocycles. The Morgan fingerprint density at radius 2 is 1.40 bits per heavy atom. The minimum absolute atomic E-state index is 0.0572. The van der Waals surface area contributed by atoms with E-state index in [2.05, 4.69) is 16.0 Å². The van der Waals surface area contributed by atoms with Gasteiger partial charge in [-0.15, -0.1) is 0 Å². The van der Waals surface area contributed by atoms with Gasteiger partial charge in [0.15, 0.2) is 0 Å². The van der Waals surface area contributed by atoms with Crippen LogP contribution in [0.4, 0.5) is 4.79 Å². The second kappa shape index (κ2) is 16.3. The number of nitrogens with one attached hydrogen (secondary N) is 3. The van der Waals surface area contributed by atoms with Crippen LogP contribution in [0.25, 0.3) is 0 Å². The monoisotopic (exact) mass is 579 g/mol. The summed E-state index contributed by atoms with van der Waals surface area (Å²) in [6.45, 7) is 5.48. The van der Waals surface area contributed by atoms with Crippen molar-refractivity contribution in [1.29, 1.82) is 0 Å². The van der Waals surface area contributed by atoms with Crippen molar-refractivity contribution in [1.82, 2.24) is 20.9 Å². The second-order valence-corrected chi connectivity index (χ2v) is 10.8. The molecule has 0 radical (unpaired) electrons. The SMILES string of the molecule is CC(C)CC(NC(=O)N1CCOCC1)C(=O)NC(CCc1ccccc1)C(=O)C(=O)NC(Cc1ccccc1)C(N)=O. The summed E-state index contributed by atoms with van der Waals surface area (Å²) in [4.78, 5) is 66.6. The molecule has 0 bridgehead atoms. The smallest absolute Gasteiger partial charge is 0.318 e. The molecule has 2 aromatic rings. The topological polar surface area (TPSA) is 160 Å². The molecule has 1 heterocycles. The molecule has 11 heteroatoms. The maximum Gasteiger partial charge on any atom is 0.318 e. The number of carbonyl (C=O) groups excluding carboxylic acids is 5. The third-order valence-electron chi connectivity index (χ3n) is 6.97. The molecule has 3 rings (SSSR count). The van der Waals surface area contributed by atoms with Crippen LogP contribution in [-0.4, -0.2) is 78.9 Å². The van der Waals surface area contributed by atoms with Crippen LogP contribution >= 0.6 is 0 Å². The van der Waals surface area contributed by atoms with E-state index in [0.29, 0.717) is 39.1 Å². The van der Waals surface area contributed by atoms with Gasteiger partial charge in [0.1, 0.15) is 12.1 Å². The largest absolute Gasteiger partial charge is 0.378 e. The lowest BCUT2D eigenvalue weighted by atomic mass is 9.99. The molecule has 0 aromatic heterocycles. The van der Waals surface area contributed by atoms with Crippen LogP contribution in [0.5, 0.6) is 0 Å². The van der Waals surface area contributed by atoms with Crippen LogP contribution in [0.15, 0.2) is 60.7 Å². The average Bonchev–Trinajstić information content (AvgIpc) is 2.99. The van der Waals surface area contributed by atoms with Crippen molar-refractivity contribution in [2.24, 2.45) is 11.7 Å². The maximum atomic E-state index is 13.5. The van der Waals surface area contributed by atoms with Crippen LogP contribution in [0.2, 0.25) is 0 Å². The molecule has 5 N–H and O–H groups in total. The summed E-state index contributed by atoms with van der Waals surface area (Å²) in [5.41, 5.74) is 7.21. The molecule has 3 unspecified atom stereocenters. The summed E-state index contributed by atoms with van der Waals surface area (Å²) < 4.78 is 5.30. The summed E-state index contributed by atoms with van der Waals surface area (Å²) >= 11 is 0. The van der Waals surface area contributed by atoms with Crippen molar-refractivity contribution in [2.75, 3.05) is 26.3 Å². The molecule has 0 saturated carbocycles. The van der Waals surface area contributed by atoms with Crippen molar-refractivity contribution in [3.63, 3.8) is 0 Å². The second-order valence-electron chi connectivity index (χ2n) is 10.8. The Hall–Kier alpha value is -4.25. The number of aryl methyl sites for hydroxylation is 1. The molecule has 42 heavy (non-hydrogen) atoms. The number of hydrogen-bond donors (Lipinski definition) is 4. The third-order valence-corrected chi connectivity index (χ3v) is 6.97. The van der Waals surface area contributed by atoms with Gasteiger partial charge in [-0.25, -0.2) is 4.79 Å². The first kappa shape index (κ1) is 32.3. The van der Waals surface area contributed by atoms with Gasteiger partial charge < -0.3 is 31.3 Å². The lowest BCUT2D eigenvalue weighted by Crippen LogP contribution is -2.57. The fourth-order valence-electron chi connectivity index (χ4n) is 4.67. The van der Waals surface area contributed by atoms with Gasteiger partial charge in [0.05, 0.1) is 19.3 Å². The van der Waals surface area contributed by atoms with Crippen molar-refractivity contribution in [3.8, 4) is 0 Å². The minimum Gasteiger partial charge on any atom is -0.378 e. The first-order chi connectivity index (χ1) is 20.1. The molecular weight excluding hydrogens is 538 g/mol. The Kier molecular flexibility index (Phi) is 12.5. The Bertz CT molecular complexity index is 1200. The quantitative estimate of drug-likeness (QED) is 0.247. The molecule has 11 nitrogen and oxygen atoms in total. The van der Waals surface area contributed by atoms with Crippen LogP contribution in [-0.2, 0) is 36.8 Å². The van der Waals surface area contributed by atoms with E-state index in [1.807, 2.05) is 50.2 Å². The van der Waals surface area contributed by atoms with Crippen molar-refractivity contribution in [3.05, 3.63) is 71.8 Å². The molecule has 1 aliphatic heterocycles. The lowest BCUT2D eigenvalue weighted by Gasteiger charge is -2.30. The van der Waals surface area contributed by atoms with Gasteiger partial charge in [0, 0.05) is 19.5 Å². The summed E-state index contributed by atoms with van der Waals surface area (Å²) in [6, 6.07) is 14.7. The highest BCUT2D eigenvalue weighted by Gasteiger charge is 2.33. The molecule has 0 aliphatic carbocycles. The van der Waals surface area contributed by atoms with E-state index in [0.717, 1.165) is 11.1 Å². The van der Waals surface area contributed by atoms with Gasteiger partial charge >= 0.3 is 6.03 Å². The summed E-state index contributed by atoms with van der Waals surface area (Å²) in [5.74, 6) is -3.22. The average molecular weight is 580 g/mol. The lowest BCUT2D eigenvalue weighted by molar-refractivity contribution is -0.141. The zero-order valence-electron chi connectivity index (χ0n) is 24.2. The number of ketones is 1. The zero-order chi connectivity index (χ0) is 30.5. The van der Waals surface area contributed by atoms with Crippen LogP contribution < -0.4 is 21.7 Å². The number of Topliss-reactive ketones (excluding diaryl/α,β-unsaturated/α-hetero) is 1. The molecule has 5 amide bonds. The summed E-state index contributed by atoms with van der Waals surface area (Å²) in [7, 11) is 0. The fraction of sp³-hybridized carbons (Fsp3) is 0.452. The van der Waals surface area contributed by atoms with E-state index >= 15 is 0 Å². The molecule has 226 valence electrons. The highest BCUT2D eigenvalue weighted by Crippen LogP contribution is 2.11. The van der Waals surface area contributed by atoms with Gasteiger partial charge in [-0.05, 0) is 36.3 Å². The van der Waals surface area contributed by atoms with Gasteiger partial charge in [0.2, 0.25) is 17.6 Å². The van der Waals surface area contributed by atoms with E-state index in [9.17, 15) is 24.0 Å². The van der Waals surface area contributed by atoms with E-state index in [4.69, 9.17) is 10.5 Å². The Balaban J connectivity index is 1.75. The Labute approximate surface area is 246 Å². The van der Waals surface area contributed by atoms with Crippen LogP contribution in [0.3, 0.4) is 0 Å². The van der Waals surface area contributed by atoms with Gasteiger partial charge in [0.25, 0.3) is 5.91 Å². The molecule has 2 aromatic carbocycles. The predicted octanol–water partition coefficient (Wildman–Crippen LogP) is 1.34. The first-order valence-corrected chi connectivity index (χ1v) is 14.3. The number of benzene rings is 2. The predicted molar refractivity (Wildman–Crippen MR) is 157 cm³/mol. The summed E-state index contributed by atoms with van der Waals surface area (Å²) in [6.07, 6.45) is 0.978. The highest BCUT2D eigenvalue weighted by atomic mass is 16.5. The number of morpholine rings is 1. The minimum atomic E-state index is -1.20.